The van der Waals surface area contributed by atoms with Crippen LogP contribution in [0.15, 0.2) is 22.7 Å². The summed E-state index contributed by atoms with van der Waals surface area (Å²) in [7, 11) is 0. The first-order valence-corrected chi connectivity index (χ1v) is 5.25. The van der Waals surface area contributed by atoms with Crippen molar-refractivity contribution in [1.82, 2.24) is 5.43 Å². The van der Waals surface area contributed by atoms with Gasteiger partial charge in [-0.05, 0) is 25.1 Å². The maximum atomic E-state index is 10.8. The number of nitrogens with two attached hydrogens (primary N) is 1. The zero-order valence-corrected chi connectivity index (χ0v) is 10.3. The first kappa shape index (κ1) is 14.1. The number of ketones is 1. The molecule has 0 unspecified atom stereocenters. The minimum absolute atomic E-state index is 0.0203. The molecule has 1 rings (SSSR count). The van der Waals surface area contributed by atoms with Crippen LogP contribution in [0.25, 0.3) is 0 Å². The molecule has 0 saturated heterocycles. The normalized spacial score (nSPS) is 9.07. The van der Waals surface area contributed by atoms with Gasteiger partial charge < -0.3 is 5.11 Å². The summed E-state index contributed by atoms with van der Waals surface area (Å²) in [6, 6.07) is 4.80. The summed E-state index contributed by atoms with van der Waals surface area (Å²) in [4.78, 5) is 10.8. The smallest absolute Gasteiger partial charge is 0.163 e. The van der Waals surface area contributed by atoms with E-state index in [-0.39, 0.29) is 11.5 Å². The number of hydrogen-bond donors (Lipinski definition) is 3. The first-order chi connectivity index (χ1) is 7.02. The number of phenolic OH excluding ortho intramolecular Hbond substituents is 1. The molecule has 0 aromatic heterocycles. The summed E-state index contributed by atoms with van der Waals surface area (Å²) in [6.45, 7) is 4.21. The monoisotopic (exact) mass is 274 g/mol. The molecule has 5 heteroatoms. The highest BCUT2D eigenvalue weighted by Gasteiger charge is 2.04. The van der Waals surface area contributed by atoms with Crippen molar-refractivity contribution >= 4 is 21.7 Å². The molecule has 0 atom stereocenters. The van der Waals surface area contributed by atoms with Gasteiger partial charge in [0.1, 0.15) is 5.75 Å². The Morgan fingerprint density at radius 3 is 2.47 bits per heavy atom. The van der Waals surface area contributed by atoms with Crippen LogP contribution >= 0.6 is 15.9 Å². The molecule has 0 heterocycles. The van der Waals surface area contributed by atoms with Gasteiger partial charge in [0.05, 0.1) is 5.56 Å². The first-order valence-electron chi connectivity index (χ1n) is 4.45. The largest absolute Gasteiger partial charge is 0.507 e. The molecular weight excluding hydrogens is 260 g/mol. The number of aromatic hydroxyl groups is 1. The molecule has 0 aliphatic heterocycles. The van der Waals surface area contributed by atoms with Crippen molar-refractivity contribution < 1.29 is 9.90 Å². The minimum Gasteiger partial charge on any atom is -0.507 e. The maximum absolute atomic E-state index is 10.8. The second-order valence-corrected chi connectivity index (χ2v) is 3.69. The molecule has 0 fully saturated rings. The van der Waals surface area contributed by atoms with Gasteiger partial charge in [-0.1, -0.05) is 22.9 Å². The number of benzene rings is 1. The Kier molecular flexibility index (Phi) is 6.94. The van der Waals surface area contributed by atoms with Crippen molar-refractivity contribution in [3.8, 4) is 5.75 Å². The number of nitrogens with one attached hydrogen (secondary N) is 1. The van der Waals surface area contributed by atoms with Crippen LogP contribution in [0.4, 0.5) is 0 Å². The number of carbonyl (C=O) groups excluding carboxylic acids is 1. The number of hydrazine groups is 1. The topological polar surface area (TPSA) is 75.3 Å². The molecular formula is C10H15BrN2O2. The lowest BCUT2D eigenvalue weighted by atomic mass is 10.1. The molecule has 0 aliphatic carbocycles. The molecule has 15 heavy (non-hydrogen) atoms. The van der Waals surface area contributed by atoms with Crippen LogP contribution in [0.5, 0.6) is 5.75 Å². The predicted octanol–water partition coefficient (Wildman–Crippen LogP) is 1.83. The Labute approximate surface area is 97.6 Å². The van der Waals surface area contributed by atoms with E-state index in [2.05, 4.69) is 21.4 Å². The lowest BCUT2D eigenvalue weighted by Crippen LogP contribution is -2.20. The molecule has 1 aromatic rings. The Hall–Kier alpha value is -0.910. The van der Waals surface area contributed by atoms with Crippen molar-refractivity contribution in [2.75, 3.05) is 6.54 Å². The molecule has 4 N–H and O–H groups in total. The molecule has 0 radical (unpaired) electrons. The van der Waals surface area contributed by atoms with E-state index in [0.717, 1.165) is 11.0 Å². The number of carbonyl (C=O) groups is 1. The van der Waals surface area contributed by atoms with Gasteiger partial charge in [-0.15, -0.1) is 0 Å². The highest BCUT2D eigenvalue weighted by atomic mass is 79.9. The zero-order valence-electron chi connectivity index (χ0n) is 8.75. The molecule has 0 saturated carbocycles. The van der Waals surface area contributed by atoms with E-state index in [1.54, 1.807) is 12.1 Å². The van der Waals surface area contributed by atoms with Gasteiger partial charge in [0.15, 0.2) is 5.78 Å². The van der Waals surface area contributed by atoms with E-state index in [9.17, 15) is 9.90 Å². The van der Waals surface area contributed by atoms with Crippen LogP contribution in [0.2, 0.25) is 0 Å². The molecule has 0 spiro atoms. The lowest BCUT2D eigenvalue weighted by Gasteiger charge is -1.99. The zero-order chi connectivity index (χ0) is 11.8. The van der Waals surface area contributed by atoms with Crippen molar-refractivity contribution in [3.63, 3.8) is 0 Å². The molecule has 1 aromatic carbocycles. The van der Waals surface area contributed by atoms with Gasteiger partial charge in [0.25, 0.3) is 0 Å². The van der Waals surface area contributed by atoms with E-state index in [1.807, 2.05) is 6.92 Å². The average Bonchev–Trinajstić information content (AvgIpc) is 2.17. The number of halogens is 1. The minimum atomic E-state index is -0.130. The highest BCUT2D eigenvalue weighted by molar-refractivity contribution is 9.10. The van der Waals surface area contributed by atoms with E-state index >= 15 is 0 Å². The van der Waals surface area contributed by atoms with Crippen molar-refractivity contribution in [3.05, 3.63) is 28.2 Å². The van der Waals surface area contributed by atoms with Gasteiger partial charge in [-0.2, -0.15) is 0 Å². The predicted molar refractivity (Wildman–Crippen MR) is 63.7 cm³/mol. The number of hydrogen-bond acceptors (Lipinski definition) is 4. The van der Waals surface area contributed by atoms with Gasteiger partial charge in [0, 0.05) is 11.0 Å². The molecule has 84 valence electrons. The summed E-state index contributed by atoms with van der Waals surface area (Å²) in [5.41, 5.74) is 2.79. The second-order valence-electron chi connectivity index (χ2n) is 2.78. The number of Topliss-reactive ketones (excluding diaryl/α,β-unsaturated/α-hetero) is 1. The lowest BCUT2D eigenvalue weighted by molar-refractivity contribution is 0.101. The van der Waals surface area contributed by atoms with Gasteiger partial charge in [-0.3, -0.25) is 16.1 Å². The van der Waals surface area contributed by atoms with Crippen LogP contribution in [0.3, 0.4) is 0 Å². The van der Waals surface area contributed by atoms with Crippen molar-refractivity contribution in [1.29, 1.82) is 0 Å². The highest BCUT2D eigenvalue weighted by Crippen LogP contribution is 2.22. The summed E-state index contributed by atoms with van der Waals surface area (Å²) in [5.74, 6) is 4.67. The van der Waals surface area contributed by atoms with Crippen LogP contribution in [0.1, 0.15) is 24.2 Å². The SMILES string of the molecule is CC(=O)c1ccc(Br)cc1O.CCNN. The maximum Gasteiger partial charge on any atom is 0.163 e. The summed E-state index contributed by atoms with van der Waals surface area (Å²) in [6.07, 6.45) is 0. The van der Waals surface area contributed by atoms with Crippen molar-refractivity contribution in [2.45, 2.75) is 13.8 Å². The van der Waals surface area contributed by atoms with Crippen LogP contribution < -0.4 is 11.3 Å². The standard InChI is InChI=1S/C8H7BrO2.C2H8N2/c1-5(10)7-3-2-6(9)4-8(7)11;1-2-4-3/h2-4,11H,1H3;4H,2-3H2,1H3. The van der Waals surface area contributed by atoms with E-state index < -0.39 is 0 Å². The third kappa shape index (κ3) is 5.51. The molecule has 0 amide bonds. The van der Waals surface area contributed by atoms with Crippen LogP contribution in [-0.2, 0) is 0 Å². The summed E-state index contributed by atoms with van der Waals surface area (Å²) in [5, 5.41) is 9.21. The van der Waals surface area contributed by atoms with Gasteiger partial charge in [0.2, 0.25) is 0 Å². The Bertz CT molecular complexity index is 327. The third-order valence-corrected chi connectivity index (χ3v) is 2.04. The average molecular weight is 275 g/mol. The second kappa shape index (κ2) is 7.39. The third-order valence-electron chi connectivity index (χ3n) is 1.54. The number of rotatable bonds is 2. The molecule has 0 aliphatic rings. The molecule has 4 nitrogen and oxygen atoms in total. The van der Waals surface area contributed by atoms with Gasteiger partial charge in [-0.25, -0.2) is 0 Å². The van der Waals surface area contributed by atoms with Crippen LogP contribution in [-0.4, -0.2) is 17.4 Å². The van der Waals surface area contributed by atoms with E-state index in [1.165, 1.54) is 13.0 Å². The fourth-order valence-electron chi connectivity index (χ4n) is 0.803. The Morgan fingerprint density at radius 1 is 1.60 bits per heavy atom. The molecule has 0 bridgehead atoms. The van der Waals surface area contributed by atoms with Crippen molar-refractivity contribution in [2.24, 2.45) is 5.84 Å². The Morgan fingerprint density at radius 2 is 2.13 bits per heavy atom. The number of phenols is 1. The summed E-state index contributed by atoms with van der Waals surface area (Å²) >= 11 is 3.17. The quantitative estimate of drug-likeness (QED) is 0.437. The van der Waals surface area contributed by atoms with E-state index in [4.69, 9.17) is 5.84 Å². The van der Waals surface area contributed by atoms with E-state index in [0.29, 0.717) is 5.56 Å². The fraction of sp³-hybridized carbons (Fsp3) is 0.300. The Balaban J connectivity index is 0.000000423. The van der Waals surface area contributed by atoms with Crippen LogP contribution in [0, 0.1) is 0 Å². The summed E-state index contributed by atoms with van der Waals surface area (Å²) < 4.78 is 0.764. The fourth-order valence-corrected chi connectivity index (χ4v) is 1.15. The van der Waals surface area contributed by atoms with Gasteiger partial charge >= 0.3 is 0 Å².